The Morgan fingerprint density at radius 3 is 1.39 bits per heavy atom. The van der Waals surface area contributed by atoms with Crippen LogP contribution in [0.15, 0.2) is 84.9 Å². The summed E-state index contributed by atoms with van der Waals surface area (Å²) in [4.78, 5) is 24.8. The van der Waals surface area contributed by atoms with Gasteiger partial charge in [0.05, 0.1) is 0 Å². The maximum absolute atomic E-state index is 12.4. The summed E-state index contributed by atoms with van der Waals surface area (Å²) in [6.45, 7) is 0. The predicted octanol–water partition coefficient (Wildman–Crippen LogP) is 6.21. The fourth-order valence-electron chi connectivity index (χ4n) is 3.36. The Morgan fingerprint density at radius 1 is 0.536 bits per heavy atom. The van der Waals surface area contributed by atoms with Crippen LogP contribution in [0, 0.1) is 0 Å². The molecule has 0 atom stereocenters. The minimum absolute atomic E-state index is 0.00683. The summed E-state index contributed by atoms with van der Waals surface area (Å²) >= 11 is 0. The van der Waals surface area contributed by atoms with E-state index in [1.807, 2.05) is 84.9 Å². The maximum Gasteiger partial charge on any atom is 0.204 e. The number of hydrogen-bond acceptors (Lipinski definition) is 4. The van der Waals surface area contributed by atoms with Crippen LogP contribution in [0.4, 0.5) is 0 Å². The van der Waals surface area contributed by atoms with Gasteiger partial charge in [-0.25, -0.2) is 0 Å². The van der Waals surface area contributed by atoms with Gasteiger partial charge in [-0.3, -0.25) is 9.59 Å². The fourth-order valence-corrected chi connectivity index (χ4v) is 4.88. The summed E-state index contributed by atoms with van der Waals surface area (Å²) in [5.41, 5.74) is 2.00. The number of benzene rings is 4. The molecule has 0 amide bonds. The first kappa shape index (κ1) is 18.8. The Morgan fingerprint density at radius 2 is 0.929 bits per heavy atom. The van der Waals surface area contributed by atoms with Gasteiger partial charge in [0.15, 0.2) is 0 Å². The van der Waals surface area contributed by atoms with Gasteiger partial charge in [0.2, 0.25) is 10.2 Å². The summed E-state index contributed by atoms with van der Waals surface area (Å²) in [6.07, 6.45) is 0.640. The summed E-state index contributed by atoms with van der Waals surface area (Å²) in [6, 6.07) is 28.0. The molecule has 0 saturated heterocycles. The molecule has 28 heavy (non-hydrogen) atoms. The quantitative estimate of drug-likeness (QED) is 0.380. The molecule has 0 spiro atoms. The van der Waals surface area contributed by atoms with Crippen LogP contribution in [0.2, 0.25) is 0 Å². The van der Waals surface area contributed by atoms with Crippen molar-refractivity contribution in [2.24, 2.45) is 0 Å². The van der Waals surface area contributed by atoms with Gasteiger partial charge >= 0.3 is 0 Å². The molecule has 2 nitrogen and oxygen atoms in total. The van der Waals surface area contributed by atoms with E-state index in [0.717, 1.165) is 54.3 Å². The molecule has 0 radical (unpaired) electrons. The minimum atomic E-state index is -0.00683. The topological polar surface area (TPSA) is 34.1 Å². The second-order valence-electron chi connectivity index (χ2n) is 6.54. The van der Waals surface area contributed by atoms with Crippen LogP contribution in [0.3, 0.4) is 0 Å². The SMILES string of the molecule is O=C(Cc1cccc2ccccc12)SSC(=O)Cc1cccc2ccccc12. The maximum atomic E-state index is 12.4. The van der Waals surface area contributed by atoms with Crippen molar-refractivity contribution in [1.29, 1.82) is 0 Å². The zero-order chi connectivity index (χ0) is 19.3. The zero-order valence-corrected chi connectivity index (χ0v) is 16.8. The van der Waals surface area contributed by atoms with Gasteiger partial charge < -0.3 is 0 Å². The van der Waals surface area contributed by atoms with Crippen molar-refractivity contribution >= 4 is 53.4 Å². The Kier molecular flexibility index (Phi) is 5.79. The lowest BCUT2D eigenvalue weighted by Gasteiger charge is -2.06. The monoisotopic (exact) mass is 402 g/mol. The van der Waals surface area contributed by atoms with E-state index in [4.69, 9.17) is 0 Å². The third kappa shape index (κ3) is 4.29. The Labute approximate surface area is 171 Å². The molecule has 0 N–H and O–H groups in total. The Bertz CT molecular complexity index is 1060. The first-order valence-corrected chi connectivity index (χ1v) is 11.2. The molecular weight excluding hydrogens is 384 g/mol. The molecule has 0 heterocycles. The van der Waals surface area contributed by atoms with E-state index in [1.165, 1.54) is 0 Å². The molecule has 0 aliphatic carbocycles. The minimum Gasteiger partial charge on any atom is -0.286 e. The lowest BCUT2D eigenvalue weighted by molar-refractivity contribution is -0.111. The highest BCUT2D eigenvalue weighted by Gasteiger charge is 2.13. The van der Waals surface area contributed by atoms with Gasteiger partial charge in [0.1, 0.15) is 0 Å². The van der Waals surface area contributed by atoms with Crippen molar-refractivity contribution in [2.45, 2.75) is 12.8 Å². The molecular formula is C24H18O2S2. The van der Waals surface area contributed by atoms with Crippen molar-refractivity contribution in [3.05, 3.63) is 96.1 Å². The van der Waals surface area contributed by atoms with E-state index in [9.17, 15) is 9.59 Å². The van der Waals surface area contributed by atoms with E-state index in [2.05, 4.69) is 0 Å². The van der Waals surface area contributed by atoms with E-state index in [1.54, 1.807) is 0 Å². The highest BCUT2D eigenvalue weighted by molar-refractivity contribution is 8.87. The van der Waals surface area contributed by atoms with Crippen LogP contribution in [0.25, 0.3) is 21.5 Å². The van der Waals surface area contributed by atoms with Crippen LogP contribution in [0.1, 0.15) is 11.1 Å². The number of hydrogen-bond donors (Lipinski definition) is 0. The second kappa shape index (κ2) is 8.63. The lowest BCUT2D eigenvalue weighted by atomic mass is 10.0. The first-order chi connectivity index (χ1) is 13.7. The number of fused-ring (bicyclic) bond motifs is 2. The van der Waals surface area contributed by atoms with Crippen molar-refractivity contribution in [1.82, 2.24) is 0 Å². The van der Waals surface area contributed by atoms with Crippen LogP contribution in [-0.2, 0) is 22.4 Å². The van der Waals surface area contributed by atoms with E-state index >= 15 is 0 Å². The molecule has 0 aliphatic heterocycles. The van der Waals surface area contributed by atoms with E-state index < -0.39 is 0 Å². The summed E-state index contributed by atoms with van der Waals surface area (Å²) in [5.74, 6) is 0. The average molecular weight is 403 g/mol. The first-order valence-electron chi connectivity index (χ1n) is 9.04. The van der Waals surface area contributed by atoms with Gasteiger partial charge in [-0.15, -0.1) is 0 Å². The number of rotatable bonds is 4. The van der Waals surface area contributed by atoms with Crippen molar-refractivity contribution < 1.29 is 9.59 Å². The molecule has 0 fully saturated rings. The van der Waals surface area contributed by atoms with Gasteiger partial charge in [0, 0.05) is 12.8 Å². The summed E-state index contributed by atoms with van der Waals surface area (Å²) in [7, 11) is 2.08. The van der Waals surface area contributed by atoms with Gasteiger partial charge in [-0.1, -0.05) is 84.9 Å². The number of carbonyl (C=O) groups excluding carboxylic acids is 2. The van der Waals surface area contributed by atoms with Gasteiger partial charge in [-0.2, -0.15) is 0 Å². The van der Waals surface area contributed by atoms with Crippen molar-refractivity contribution in [3.63, 3.8) is 0 Å². The highest BCUT2D eigenvalue weighted by Crippen LogP contribution is 2.29. The third-order valence-electron chi connectivity index (χ3n) is 4.66. The summed E-state index contributed by atoms with van der Waals surface area (Å²) in [5, 5.41) is 4.41. The lowest BCUT2D eigenvalue weighted by Crippen LogP contribution is -2.00. The Balaban J connectivity index is 1.38. The molecule has 0 aromatic heterocycles. The van der Waals surface area contributed by atoms with Crippen LogP contribution in [-0.4, -0.2) is 10.2 Å². The van der Waals surface area contributed by atoms with Gasteiger partial charge in [-0.05, 0) is 54.3 Å². The third-order valence-corrected chi connectivity index (χ3v) is 6.77. The normalized spacial score (nSPS) is 11.0. The summed E-state index contributed by atoms with van der Waals surface area (Å²) < 4.78 is 0. The molecule has 138 valence electrons. The highest BCUT2D eigenvalue weighted by atomic mass is 33.1. The van der Waals surface area contributed by atoms with E-state index in [0.29, 0.717) is 12.8 Å². The molecule has 4 aromatic rings. The molecule has 0 bridgehead atoms. The second-order valence-corrected chi connectivity index (χ2v) is 8.78. The largest absolute Gasteiger partial charge is 0.286 e. The van der Waals surface area contributed by atoms with Crippen molar-refractivity contribution in [2.75, 3.05) is 0 Å². The van der Waals surface area contributed by atoms with Crippen LogP contribution >= 0.6 is 21.6 Å². The molecule has 4 heteroatoms. The van der Waals surface area contributed by atoms with Gasteiger partial charge in [0.25, 0.3) is 0 Å². The zero-order valence-electron chi connectivity index (χ0n) is 15.1. The Hall–Kier alpha value is -2.56. The average Bonchev–Trinajstić information content (AvgIpc) is 2.73. The van der Waals surface area contributed by atoms with Crippen LogP contribution < -0.4 is 0 Å². The number of carbonyl (C=O) groups is 2. The van der Waals surface area contributed by atoms with Crippen LogP contribution in [0.5, 0.6) is 0 Å². The van der Waals surface area contributed by atoms with Crippen molar-refractivity contribution in [3.8, 4) is 0 Å². The van der Waals surface area contributed by atoms with E-state index in [-0.39, 0.29) is 10.2 Å². The molecule has 0 saturated carbocycles. The smallest absolute Gasteiger partial charge is 0.204 e. The molecule has 0 unspecified atom stereocenters. The predicted molar refractivity (Wildman–Crippen MR) is 121 cm³/mol. The molecule has 4 rings (SSSR count). The molecule has 0 aliphatic rings. The molecule has 4 aromatic carbocycles. The fraction of sp³-hybridized carbons (Fsp3) is 0.0833. The standard InChI is InChI=1S/C24H18O2S2/c25-23(15-19-11-5-9-17-7-1-3-13-21(17)19)27-28-24(26)16-20-12-6-10-18-8-2-4-14-22(18)20/h1-14H,15-16H2.